The van der Waals surface area contributed by atoms with Gasteiger partial charge in [0.25, 0.3) is 0 Å². The Labute approximate surface area is 154 Å². The van der Waals surface area contributed by atoms with Gasteiger partial charge in [-0.3, -0.25) is 4.79 Å². The van der Waals surface area contributed by atoms with E-state index in [0.29, 0.717) is 0 Å². The fourth-order valence-corrected chi connectivity index (χ4v) is 1.70. The van der Waals surface area contributed by atoms with Crippen LogP contribution in [0.25, 0.3) is 0 Å². The van der Waals surface area contributed by atoms with Crippen LogP contribution in [0, 0.1) is 0 Å². The van der Waals surface area contributed by atoms with Gasteiger partial charge in [0.05, 0.1) is 5.56 Å². The number of ketones is 1. The van der Waals surface area contributed by atoms with E-state index in [0.717, 1.165) is 0 Å². The standard InChI is InChI=1S/C13H10O7.Bi.Cu.3H/c14-6-4-2-1-3-5(6)8(15)7-9(16)11(18)13(20)12(19)10(7)17;;;;;/h1-4,14,16-20H;;;;;. The molecule has 0 aliphatic carbocycles. The molecule has 0 aliphatic heterocycles. The minimum Gasteiger partial charge on any atom is 0 e. The summed E-state index contributed by atoms with van der Waals surface area (Å²) >= 11 is 0. The minimum absolute atomic E-state index is 0. The van der Waals surface area contributed by atoms with Crippen molar-refractivity contribution in [1.82, 2.24) is 0 Å². The van der Waals surface area contributed by atoms with Gasteiger partial charge in [0.1, 0.15) is 11.3 Å². The summed E-state index contributed by atoms with van der Waals surface area (Å²) in [5.74, 6) is -7.13. The predicted octanol–water partition coefficient (Wildman–Crippen LogP) is -0.0352. The number of benzene rings is 2. The summed E-state index contributed by atoms with van der Waals surface area (Å²) in [6.45, 7) is 0. The van der Waals surface area contributed by atoms with Gasteiger partial charge in [-0.15, -0.1) is 0 Å². The minimum atomic E-state index is -1.16. The SMILES string of the molecule is O=C(c1ccccc1O)c1c(O)c(O)c(O)c(O)c1O.[BiH3].[Cu]. The molecule has 123 valence electrons. The number of phenolic OH excluding ortho intramolecular Hbond substituents is 6. The van der Waals surface area contributed by atoms with Crippen LogP contribution in [0.1, 0.15) is 15.9 Å². The van der Waals surface area contributed by atoms with Crippen LogP contribution in [0.2, 0.25) is 0 Å². The maximum absolute atomic E-state index is 12.1. The van der Waals surface area contributed by atoms with Gasteiger partial charge >= 0.3 is 26.2 Å². The first-order chi connectivity index (χ1) is 9.36. The van der Waals surface area contributed by atoms with Crippen LogP contribution in [-0.4, -0.2) is 62.6 Å². The number of carbonyl (C=O) groups excluding carboxylic acids is 1. The third kappa shape index (κ3) is 3.22. The van der Waals surface area contributed by atoms with Gasteiger partial charge in [-0.05, 0) is 12.1 Å². The van der Waals surface area contributed by atoms with Crippen molar-refractivity contribution in [2.24, 2.45) is 0 Å². The molecule has 2 rings (SSSR count). The molecule has 0 saturated heterocycles. The molecule has 0 atom stereocenters. The summed E-state index contributed by atoms with van der Waals surface area (Å²) in [5.41, 5.74) is -1.10. The Bertz CT molecular complexity index is 689. The van der Waals surface area contributed by atoms with Gasteiger partial charge in [0.2, 0.25) is 23.0 Å². The number of aromatic hydroxyl groups is 6. The molecule has 2 aromatic rings. The number of rotatable bonds is 2. The van der Waals surface area contributed by atoms with E-state index in [1.165, 1.54) is 24.3 Å². The fourth-order valence-electron chi connectivity index (χ4n) is 1.70. The van der Waals surface area contributed by atoms with E-state index >= 15 is 0 Å². The average molecular weight is 554 g/mol. The molecule has 0 fully saturated rings. The van der Waals surface area contributed by atoms with E-state index in [1.807, 2.05) is 0 Å². The van der Waals surface area contributed by atoms with Crippen LogP contribution in [0.4, 0.5) is 0 Å². The van der Waals surface area contributed by atoms with Crippen molar-refractivity contribution in [2.75, 3.05) is 0 Å². The second-order valence-electron chi connectivity index (χ2n) is 3.96. The van der Waals surface area contributed by atoms with Gasteiger partial charge in [0.15, 0.2) is 11.5 Å². The molecule has 9 heteroatoms. The molecule has 6 N–H and O–H groups in total. The molecular weight excluding hydrogens is 541 g/mol. The molecular formula is C13H13BiCuO7. The van der Waals surface area contributed by atoms with Gasteiger partial charge in [-0.25, -0.2) is 0 Å². The smallest absolute Gasteiger partial charge is 0 e. The normalized spacial score (nSPS) is 9.45. The van der Waals surface area contributed by atoms with Crippen molar-refractivity contribution >= 4 is 32.0 Å². The summed E-state index contributed by atoms with van der Waals surface area (Å²) in [7, 11) is 0. The van der Waals surface area contributed by atoms with E-state index < -0.39 is 45.8 Å². The number of phenols is 6. The van der Waals surface area contributed by atoms with Crippen LogP contribution in [-0.2, 0) is 17.1 Å². The van der Waals surface area contributed by atoms with Crippen LogP contribution in [0.3, 0.4) is 0 Å². The van der Waals surface area contributed by atoms with Gasteiger partial charge in [-0.2, -0.15) is 0 Å². The molecule has 2 aromatic carbocycles. The van der Waals surface area contributed by atoms with E-state index in [4.69, 9.17) is 0 Å². The first kappa shape index (κ1) is 20.3. The fraction of sp³-hybridized carbons (Fsp3) is 0. The van der Waals surface area contributed by atoms with E-state index in [1.54, 1.807) is 0 Å². The Kier molecular flexibility index (Phi) is 6.96. The Morgan fingerprint density at radius 3 is 1.59 bits per heavy atom. The largest absolute Gasteiger partial charge is 0 e. The third-order valence-electron chi connectivity index (χ3n) is 2.75. The van der Waals surface area contributed by atoms with Gasteiger partial charge in [0, 0.05) is 17.1 Å². The Hall–Kier alpha value is -1.69. The van der Waals surface area contributed by atoms with Crippen molar-refractivity contribution in [2.45, 2.75) is 0 Å². The maximum Gasteiger partial charge on any atom is 0 e. The molecule has 0 amide bonds. The molecule has 0 bridgehead atoms. The van der Waals surface area contributed by atoms with Crippen molar-refractivity contribution in [3.8, 4) is 34.5 Å². The van der Waals surface area contributed by atoms with Crippen LogP contribution >= 0.6 is 0 Å². The monoisotopic (exact) mass is 553 g/mol. The van der Waals surface area contributed by atoms with Crippen LogP contribution < -0.4 is 0 Å². The number of hydrogen-bond donors (Lipinski definition) is 6. The Morgan fingerprint density at radius 1 is 0.727 bits per heavy atom. The predicted molar refractivity (Wildman–Crippen MR) is 76.2 cm³/mol. The van der Waals surface area contributed by atoms with E-state index in [2.05, 4.69) is 0 Å². The maximum atomic E-state index is 12.1. The summed E-state index contributed by atoms with van der Waals surface area (Å²) in [6.07, 6.45) is 0. The first-order valence-electron chi connectivity index (χ1n) is 5.37. The van der Waals surface area contributed by atoms with Crippen molar-refractivity contribution in [1.29, 1.82) is 0 Å². The molecule has 22 heavy (non-hydrogen) atoms. The number of para-hydroxylation sites is 1. The Morgan fingerprint density at radius 2 is 1.14 bits per heavy atom. The molecule has 0 unspecified atom stereocenters. The van der Waals surface area contributed by atoms with Crippen molar-refractivity contribution < 1.29 is 52.5 Å². The molecule has 0 saturated carbocycles. The summed E-state index contributed by atoms with van der Waals surface area (Å²) in [5, 5.41) is 56.8. The number of hydrogen-bond acceptors (Lipinski definition) is 7. The topological polar surface area (TPSA) is 138 Å². The van der Waals surface area contributed by atoms with E-state index in [-0.39, 0.29) is 48.8 Å². The van der Waals surface area contributed by atoms with Crippen LogP contribution in [0.15, 0.2) is 24.3 Å². The second kappa shape index (κ2) is 7.54. The van der Waals surface area contributed by atoms with Crippen LogP contribution in [0.5, 0.6) is 34.5 Å². The van der Waals surface area contributed by atoms with Crippen molar-refractivity contribution in [3.05, 3.63) is 35.4 Å². The van der Waals surface area contributed by atoms with E-state index in [9.17, 15) is 35.4 Å². The zero-order valence-corrected chi connectivity index (χ0v) is 17.3. The quantitative estimate of drug-likeness (QED) is 0.133. The summed E-state index contributed by atoms with van der Waals surface area (Å²) in [6, 6.07) is 5.32. The Balaban J connectivity index is 0.00000220. The molecule has 0 spiro atoms. The zero-order chi connectivity index (χ0) is 15.0. The average Bonchev–Trinajstić information content (AvgIpc) is 2.43. The third-order valence-corrected chi connectivity index (χ3v) is 2.75. The first-order valence-corrected chi connectivity index (χ1v) is 5.37. The second-order valence-corrected chi connectivity index (χ2v) is 3.96. The molecule has 0 aliphatic rings. The van der Waals surface area contributed by atoms with Gasteiger partial charge < -0.3 is 30.6 Å². The zero-order valence-electron chi connectivity index (χ0n) is 10.9. The molecule has 7 nitrogen and oxygen atoms in total. The van der Waals surface area contributed by atoms with Crippen molar-refractivity contribution in [3.63, 3.8) is 0 Å². The molecule has 0 aromatic heterocycles. The molecule has 1 radical (unpaired) electrons. The molecule has 0 heterocycles. The summed E-state index contributed by atoms with van der Waals surface area (Å²) < 4.78 is 0. The summed E-state index contributed by atoms with van der Waals surface area (Å²) in [4.78, 5) is 12.1. The number of carbonyl (C=O) groups is 1. The van der Waals surface area contributed by atoms with Gasteiger partial charge in [-0.1, -0.05) is 12.1 Å².